The standard InChI is InChI=1S/C20H22N6O2/c1-24-10-8-20(27)25(12-11-24)18-13-17(16-5-3-4-9-21-16)26(23-18)15-6-7-19(28-2)22-14-15/h3-7,9,13-14H,8,10-12H2,1-2H3. The van der Waals surface area contributed by atoms with E-state index in [9.17, 15) is 4.79 Å². The summed E-state index contributed by atoms with van der Waals surface area (Å²) >= 11 is 0. The van der Waals surface area contributed by atoms with Crippen molar-refractivity contribution in [2.24, 2.45) is 0 Å². The van der Waals surface area contributed by atoms with E-state index in [2.05, 4.69) is 14.9 Å². The van der Waals surface area contributed by atoms with Crippen LogP contribution in [0.3, 0.4) is 0 Å². The van der Waals surface area contributed by atoms with Crippen molar-refractivity contribution in [2.45, 2.75) is 6.42 Å². The van der Waals surface area contributed by atoms with Gasteiger partial charge in [-0.2, -0.15) is 0 Å². The first-order valence-corrected chi connectivity index (χ1v) is 9.16. The van der Waals surface area contributed by atoms with E-state index in [1.54, 1.807) is 35.2 Å². The highest BCUT2D eigenvalue weighted by atomic mass is 16.5. The number of nitrogens with zero attached hydrogens (tertiary/aromatic N) is 6. The van der Waals surface area contributed by atoms with E-state index < -0.39 is 0 Å². The van der Waals surface area contributed by atoms with E-state index in [1.807, 2.05) is 37.4 Å². The third kappa shape index (κ3) is 3.59. The van der Waals surface area contributed by atoms with Crippen LogP contribution in [-0.2, 0) is 4.79 Å². The molecule has 8 nitrogen and oxygen atoms in total. The lowest BCUT2D eigenvalue weighted by atomic mass is 10.2. The van der Waals surface area contributed by atoms with Gasteiger partial charge in [0.15, 0.2) is 5.82 Å². The third-order valence-electron chi connectivity index (χ3n) is 4.79. The number of likely N-dealkylation sites (N-methyl/N-ethyl adjacent to an activating group) is 1. The highest BCUT2D eigenvalue weighted by molar-refractivity contribution is 5.93. The van der Waals surface area contributed by atoms with Gasteiger partial charge in [0.05, 0.1) is 30.4 Å². The predicted octanol–water partition coefficient (Wildman–Crippen LogP) is 2.01. The smallest absolute Gasteiger partial charge is 0.229 e. The predicted molar refractivity (Wildman–Crippen MR) is 106 cm³/mol. The second-order valence-electron chi connectivity index (χ2n) is 6.67. The van der Waals surface area contributed by atoms with Gasteiger partial charge < -0.3 is 9.64 Å². The van der Waals surface area contributed by atoms with Crippen molar-refractivity contribution in [1.29, 1.82) is 0 Å². The van der Waals surface area contributed by atoms with Crippen LogP contribution >= 0.6 is 0 Å². The molecule has 3 aromatic heterocycles. The molecular formula is C20H22N6O2. The molecule has 1 aliphatic heterocycles. The molecule has 144 valence electrons. The molecule has 0 aromatic carbocycles. The summed E-state index contributed by atoms with van der Waals surface area (Å²) in [5, 5.41) is 4.74. The van der Waals surface area contributed by atoms with Crippen LogP contribution in [-0.4, -0.2) is 64.3 Å². The van der Waals surface area contributed by atoms with Crippen LogP contribution < -0.4 is 9.64 Å². The fourth-order valence-electron chi connectivity index (χ4n) is 3.18. The van der Waals surface area contributed by atoms with Gasteiger partial charge in [0.25, 0.3) is 0 Å². The molecule has 1 fully saturated rings. The fourth-order valence-corrected chi connectivity index (χ4v) is 3.18. The monoisotopic (exact) mass is 378 g/mol. The highest BCUT2D eigenvalue weighted by Crippen LogP contribution is 2.27. The lowest BCUT2D eigenvalue weighted by Gasteiger charge is -2.17. The maximum absolute atomic E-state index is 12.6. The number of ether oxygens (including phenoxy) is 1. The Hall–Kier alpha value is -3.26. The van der Waals surface area contributed by atoms with Gasteiger partial charge >= 0.3 is 0 Å². The summed E-state index contributed by atoms with van der Waals surface area (Å²) in [6.45, 7) is 2.17. The number of methoxy groups -OCH3 is 1. The van der Waals surface area contributed by atoms with Crippen molar-refractivity contribution in [1.82, 2.24) is 24.6 Å². The molecule has 0 unspecified atom stereocenters. The minimum absolute atomic E-state index is 0.0782. The maximum atomic E-state index is 12.6. The number of carbonyl (C=O) groups excluding carboxylic acids is 1. The molecule has 0 aliphatic carbocycles. The van der Waals surface area contributed by atoms with Crippen molar-refractivity contribution in [3.05, 3.63) is 48.8 Å². The molecule has 1 amide bonds. The second-order valence-corrected chi connectivity index (χ2v) is 6.67. The Labute approximate surface area is 163 Å². The van der Waals surface area contributed by atoms with Crippen LogP contribution in [0, 0.1) is 0 Å². The zero-order chi connectivity index (χ0) is 19.5. The molecule has 3 aromatic rings. The number of carbonyl (C=O) groups is 1. The summed E-state index contributed by atoms with van der Waals surface area (Å²) < 4.78 is 6.92. The van der Waals surface area contributed by atoms with Gasteiger partial charge in [-0.25, -0.2) is 9.67 Å². The maximum Gasteiger partial charge on any atom is 0.229 e. The summed E-state index contributed by atoms with van der Waals surface area (Å²) in [4.78, 5) is 25.3. The van der Waals surface area contributed by atoms with Crippen LogP contribution in [0.4, 0.5) is 5.82 Å². The number of hydrogen-bond donors (Lipinski definition) is 0. The average Bonchev–Trinajstić information content (AvgIpc) is 3.10. The molecule has 8 heteroatoms. The summed E-state index contributed by atoms with van der Waals surface area (Å²) in [5.41, 5.74) is 2.34. The largest absolute Gasteiger partial charge is 0.481 e. The molecule has 1 aliphatic rings. The number of anilines is 1. The molecule has 0 saturated carbocycles. The molecular weight excluding hydrogens is 356 g/mol. The zero-order valence-corrected chi connectivity index (χ0v) is 15.9. The lowest BCUT2D eigenvalue weighted by Crippen LogP contribution is -2.32. The first kappa shape index (κ1) is 18.1. The normalized spacial score (nSPS) is 15.5. The Kier molecular flexibility index (Phi) is 5.03. The van der Waals surface area contributed by atoms with E-state index in [1.165, 1.54) is 0 Å². The fraction of sp³-hybridized carbons (Fsp3) is 0.300. The second kappa shape index (κ2) is 7.77. The number of aromatic nitrogens is 4. The number of rotatable bonds is 4. The summed E-state index contributed by atoms with van der Waals surface area (Å²) in [5.74, 6) is 1.23. The number of pyridine rings is 2. The van der Waals surface area contributed by atoms with Gasteiger partial charge in [-0.1, -0.05) is 6.07 Å². The quantitative estimate of drug-likeness (QED) is 0.691. The Morgan fingerprint density at radius 1 is 1.07 bits per heavy atom. The van der Waals surface area contributed by atoms with Crippen LogP contribution in [0.2, 0.25) is 0 Å². The molecule has 4 rings (SSSR count). The molecule has 0 atom stereocenters. The highest BCUT2D eigenvalue weighted by Gasteiger charge is 2.24. The van der Waals surface area contributed by atoms with Crippen LogP contribution in [0.25, 0.3) is 17.1 Å². The number of hydrogen-bond acceptors (Lipinski definition) is 6. The van der Waals surface area contributed by atoms with Crippen LogP contribution in [0.5, 0.6) is 5.88 Å². The van der Waals surface area contributed by atoms with Crippen LogP contribution in [0.15, 0.2) is 48.8 Å². The van der Waals surface area contributed by atoms with E-state index in [-0.39, 0.29) is 5.91 Å². The number of amides is 1. The van der Waals surface area contributed by atoms with Gasteiger partial charge in [0.2, 0.25) is 11.8 Å². The Morgan fingerprint density at radius 2 is 1.96 bits per heavy atom. The summed E-state index contributed by atoms with van der Waals surface area (Å²) in [6.07, 6.45) is 3.91. The SMILES string of the molecule is COc1ccc(-n2nc(N3CCN(C)CCC3=O)cc2-c2ccccn2)cn1. The molecule has 1 saturated heterocycles. The first-order chi connectivity index (χ1) is 13.7. The zero-order valence-electron chi connectivity index (χ0n) is 15.9. The lowest BCUT2D eigenvalue weighted by molar-refractivity contribution is -0.118. The molecule has 0 spiro atoms. The molecule has 0 radical (unpaired) electrons. The first-order valence-electron chi connectivity index (χ1n) is 9.16. The van der Waals surface area contributed by atoms with E-state index >= 15 is 0 Å². The van der Waals surface area contributed by atoms with E-state index in [0.717, 1.165) is 30.2 Å². The molecule has 0 N–H and O–H groups in total. The molecule has 4 heterocycles. The van der Waals surface area contributed by atoms with Gasteiger partial charge in [-0.05, 0) is 25.2 Å². The minimum atomic E-state index is 0.0782. The Balaban J connectivity index is 1.78. The Morgan fingerprint density at radius 3 is 2.68 bits per heavy atom. The minimum Gasteiger partial charge on any atom is -0.481 e. The molecule has 28 heavy (non-hydrogen) atoms. The van der Waals surface area contributed by atoms with Crippen molar-refractivity contribution in [2.75, 3.05) is 38.7 Å². The topological polar surface area (TPSA) is 76.4 Å². The Bertz CT molecular complexity index is 955. The van der Waals surface area contributed by atoms with E-state index in [4.69, 9.17) is 9.84 Å². The van der Waals surface area contributed by atoms with Crippen molar-refractivity contribution < 1.29 is 9.53 Å². The summed E-state index contributed by atoms with van der Waals surface area (Å²) in [7, 11) is 3.60. The van der Waals surface area contributed by atoms with Crippen molar-refractivity contribution in [3.8, 4) is 23.0 Å². The third-order valence-corrected chi connectivity index (χ3v) is 4.79. The van der Waals surface area contributed by atoms with E-state index in [0.29, 0.717) is 24.7 Å². The van der Waals surface area contributed by atoms with Gasteiger partial charge in [-0.15, -0.1) is 5.10 Å². The molecule has 0 bridgehead atoms. The van der Waals surface area contributed by atoms with Gasteiger partial charge in [-0.3, -0.25) is 14.7 Å². The average molecular weight is 378 g/mol. The van der Waals surface area contributed by atoms with Crippen molar-refractivity contribution in [3.63, 3.8) is 0 Å². The van der Waals surface area contributed by atoms with Crippen molar-refractivity contribution >= 4 is 11.7 Å². The summed E-state index contributed by atoms with van der Waals surface area (Å²) in [6, 6.07) is 11.3. The van der Waals surface area contributed by atoms with Gasteiger partial charge in [0, 0.05) is 44.4 Å². The van der Waals surface area contributed by atoms with Crippen LogP contribution in [0.1, 0.15) is 6.42 Å². The van der Waals surface area contributed by atoms with Gasteiger partial charge in [0.1, 0.15) is 0 Å².